The Bertz CT molecular complexity index is 185. The molecule has 0 aromatic carbocycles. The summed E-state index contributed by atoms with van der Waals surface area (Å²) in [5.41, 5.74) is -0.537. The van der Waals surface area contributed by atoms with Crippen LogP contribution < -0.4 is 5.32 Å². The molecule has 13 heavy (non-hydrogen) atoms. The van der Waals surface area contributed by atoms with Crippen LogP contribution in [0.3, 0.4) is 0 Å². The Morgan fingerprint density at radius 1 is 1.54 bits per heavy atom. The molecule has 0 aromatic heterocycles. The summed E-state index contributed by atoms with van der Waals surface area (Å²) in [6.07, 6.45) is 3.93. The Morgan fingerprint density at radius 2 is 2.15 bits per heavy atom. The normalized spacial score (nSPS) is 18.1. The molecule has 0 unspecified atom stereocenters. The van der Waals surface area contributed by atoms with Gasteiger partial charge in [0.15, 0.2) is 0 Å². The molecule has 0 bridgehead atoms. The number of carbonyl (C=O) groups excluding carboxylic acids is 1. The Morgan fingerprint density at radius 3 is 2.54 bits per heavy atom. The molecule has 1 rings (SSSR count). The number of methoxy groups -OCH3 is 1. The van der Waals surface area contributed by atoms with Crippen molar-refractivity contribution in [2.75, 3.05) is 13.7 Å². The summed E-state index contributed by atoms with van der Waals surface area (Å²) in [5, 5.41) is 3.24. The lowest BCUT2D eigenvalue weighted by Gasteiger charge is -2.30. The second-order valence-corrected chi connectivity index (χ2v) is 4.29. The third-order valence-corrected chi connectivity index (χ3v) is 2.75. The van der Waals surface area contributed by atoms with E-state index in [0.29, 0.717) is 0 Å². The van der Waals surface area contributed by atoms with E-state index in [9.17, 15) is 4.79 Å². The number of carbonyl (C=O) groups is 1. The van der Waals surface area contributed by atoms with E-state index < -0.39 is 5.54 Å². The standard InChI is InChI=1S/C10H19NO2/c1-10(2,9(12)13-3)11-7-8-5-4-6-8/h8,11H,4-7H2,1-3H3. The Labute approximate surface area is 79.8 Å². The van der Waals surface area contributed by atoms with Crippen molar-refractivity contribution in [2.45, 2.75) is 38.6 Å². The van der Waals surface area contributed by atoms with Crippen LogP contribution in [0.2, 0.25) is 0 Å². The molecule has 3 nitrogen and oxygen atoms in total. The number of hydrogen-bond donors (Lipinski definition) is 1. The highest BCUT2D eigenvalue weighted by atomic mass is 16.5. The van der Waals surface area contributed by atoms with Gasteiger partial charge in [-0.15, -0.1) is 0 Å². The molecule has 0 aromatic rings. The van der Waals surface area contributed by atoms with Crippen molar-refractivity contribution in [1.82, 2.24) is 5.32 Å². The van der Waals surface area contributed by atoms with Gasteiger partial charge in [-0.3, -0.25) is 4.79 Å². The van der Waals surface area contributed by atoms with Crippen LogP contribution in [-0.2, 0) is 9.53 Å². The first-order chi connectivity index (χ1) is 6.06. The first-order valence-corrected chi connectivity index (χ1v) is 4.89. The van der Waals surface area contributed by atoms with E-state index in [1.807, 2.05) is 13.8 Å². The highest BCUT2D eigenvalue weighted by Gasteiger charge is 2.29. The molecule has 3 heteroatoms. The second-order valence-electron chi connectivity index (χ2n) is 4.29. The van der Waals surface area contributed by atoms with Crippen LogP contribution in [-0.4, -0.2) is 25.2 Å². The van der Waals surface area contributed by atoms with Gasteiger partial charge in [-0.1, -0.05) is 6.42 Å². The maximum absolute atomic E-state index is 11.3. The molecule has 1 aliphatic carbocycles. The zero-order chi connectivity index (χ0) is 9.90. The first kappa shape index (κ1) is 10.5. The van der Waals surface area contributed by atoms with E-state index in [1.165, 1.54) is 26.4 Å². The second kappa shape index (κ2) is 4.09. The highest BCUT2D eigenvalue weighted by molar-refractivity contribution is 5.79. The molecule has 0 radical (unpaired) electrons. The average Bonchev–Trinajstić information content (AvgIpc) is 1.99. The van der Waals surface area contributed by atoms with E-state index in [0.717, 1.165) is 12.5 Å². The molecule has 1 N–H and O–H groups in total. The van der Waals surface area contributed by atoms with Gasteiger partial charge >= 0.3 is 5.97 Å². The third-order valence-electron chi connectivity index (χ3n) is 2.75. The molecule has 0 heterocycles. The van der Waals surface area contributed by atoms with Gasteiger partial charge in [0.2, 0.25) is 0 Å². The lowest BCUT2D eigenvalue weighted by molar-refractivity contribution is -0.147. The van der Waals surface area contributed by atoms with Gasteiger partial charge in [0.1, 0.15) is 5.54 Å². The van der Waals surface area contributed by atoms with Gasteiger partial charge in [-0.2, -0.15) is 0 Å². The summed E-state index contributed by atoms with van der Waals surface area (Å²) in [6.45, 7) is 4.65. The highest BCUT2D eigenvalue weighted by Crippen LogP contribution is 2.25. The first-order valence-electron chi connectivity index (χ1n) is 4.89. The molecule has 0 amide bonds. The zero-order valence-corrected chi connectivity index (χ0v) is 8.72. The maximum atomic E-state index is 11.3. The zero-order valence-electron chi connectivity index (χ0n) is 8.72. The third kappa shape index (κ3) is 2.69. The van der Waals surface area contributed by atoms with Crippen LogP contribution in [0.15, 0.2) is 0 Å². The molecule has 1 aliphatic rings. The van der Waals surface area contributed by atoms with Crippen LogP contribution in [0.25, 0.3) is 0 Å². The van der Waals surface area contributed by atoms with Gasteiger partial charge in [-0.25, -0.2) is 0 Å². The summed E-state index contributed by atoms with van der Waals surface area (Å²) in [7, 11) is 1.43. The quantitative estimate of drug-likeness (QED) is 0.671. The van der Waals surface area contributed by atoms with Crippen molar-refractivity contribution in [3.8, 4) is 0 Å². The van der Waals surface area contributed by atoms with E-state index in [1.54, 1.807) is 0 Å². The van der Waals surface area contributed by atoms with E-state index >= 15 is 0 Å². The van der Waals surface area contributed by atoms with Crippen molar-refractivity contribution >= 4 is 5.97 Å². The van der Waals surface area contributed by atoms with Crippen molar-refractivity contribution in [3.05, 3.63) is 0 Å². The minimum Gasteiger partial charge on any atom is -0.468 e. The number of ether oxygens (including phenoxy) is 1. The Kier molecular flexibility index (Phi) is 3.31. The smallest absolute Gasteiger partial charge is 0.325 e. The Hall–Kier alpha value is -0.570. The van der Waals surface area contributed by atoms with E-state index in [4.69, 9.17) is 4.74 Å². The fourth-order valence-electron chi connectivity index (χ4n) is 1.42. The maximum Gasteiger partial charge on any atom is 0.325 e. The molecule has 0 aliphatic heterocycles. The van der Waals surface area contributed by atoms with Crippen molar-refractivity contribution < 1.29 is 9.53 Å². The SMILES string of the molecule is COC(=O)C(C)(C)NCC1CCC1. The summed E-state index contributed by atoms with van der Waals surface area (Å²) in [4.78, 5) is 11.3. The summed E-state index contributed by atoms with van der Waals surface area (Å²) in [5.74, 6) is 0.579. The minimum atomic E-state index is -0.537. The monoisotopic (exact) mass is 185 g/mol. The molecular formula is C10H19NO2. The Balaban J connectivity index is 2.27. The predicted octanol–water partition coefficient (Wildman–Crippen LogP) is 1.33. The average molecular weight is 185 g/mol. The van der Waals surface area contributed by atoms with Crippen LogP contribution in [0.4, 0.5) is 0 Å². The number of hydrogen-bond acceptors (Lipinski definition) is 3. The largest absolute Gasteiger partial charge is 0.468 e. The molecule has 76 valence electrons. The molecule has 0 saturated heterocycles. The molecule has 0 atom stereocenters. The van der Waals surface area contributed by atoms with Crippen LogP contribution in [0, 0.1) is 5.92 Å². The van der Waals surface area contributed by atoms with Gasteiger partial charge in [0.25, 0.3) is 0 Å². The fraction of sp³-hybridized carbons (Fsp3) is 0.900. The molecule has 0 spiro atoms. The van der Waals surface area contributed by atoms with Crippen molar-refractivity contribution in [2.24, 2.45) is 5.92 Å². The summed E-state index contributed by atoms with van der Waals surface area (Å²) < 4.78 is 4.70. The fourth-order valence-corrected chi connectivity index (χ4v) is 1.42. The van der Waals surface area contributed by atoms with Gasteiger partial charge in [0.05, 0.1) is 7.11 Å². The summed E-state index contributed by atoms with van der Waals surface area (Å²) >= 11 is 0. The van der Waals surface area contributed by atoms with Crippen molar-refractivity contribution in [3.63, 3.8) is 0 Å². The number of nitrogens with one attached hydrogen (secondary N) is 1. The van der Waals surface area contributed by atoms with Crippen LogP contribution >= 0.6 is 0 Å². The van der Waals surface area contributed by atoms with Crippen LogP contribution in [0.1, 0.15) is 33.1 Å². The summed E-state index contributed by atoms with van der Waals surface area (Å²) in [6, 6.07) is 0. The van der Waals surface area contributed by atoms with Gasteiger partial charge in [0, 0.05) is 0 Å². The van der Waals surface area contributed by atoms with Crippen LogP contribution in [0.5, 0.6) is 0 Å². The topological polar surface area (TPSA) is 38.3 Å². The van der Waals surface area contributed by atoms with Gasteiger partial charge < -0.3 is 10.1 Å². The lowest BCUT2D eigenvalue weighted by atomic mass is 9.85. The van der Waals surface area contributed by atoms with Gasteiger partial charge in [-0.05, 0) is 39.2 Å². The minimum absolute atomic E-state index is 0.188. The van der Waals surface area contributed by atoms with E-state index in [2.05, 4.69) is 5.32 Å². The molecular weight excluding hydrogens is 166 g/mol. The number of rotatable bonds is 4. The molecule has 1 fully saturated rings. The molecule has 1 saturated carbocycles. The van der Waals surface area contributed by atoms with Crippen molar-refractivity contribution in [1.29, 1.82) is 0 Å². The lowest BCUT2D eigenvalue weighted by Crippen LogP contribution is -2.49. The predicted molar refractivity (Wildman–Crippen MR) is 51.4 cm³/mol. The van der Waals surface area contributed by atoms with E-state index in [-0.39, 0.29) is 5.97 Å². The number of esters is 1.